The van der Waals surface area contributed by atoms with Crippen molar-refractivity contribution in [3.05, 3.63) is 70.0 Å². The molecule has 0 spiro atoms. The Labute approximate surface area is 233 Å². The molecule has 1 aliphatic rings. The maximum atomic E-state index is 13.9. The number of nitrogens with zero attached hydrogens (tertiary/aromatic N) is 2. The molecule has 2 aromatic carbocycles. The van der Waals surface area contributed by atoms with Gasteiger partial charge in [-0.15, -0.1) is 0 Å². The van der Waals surface area contributed by atoms with Crippen molar-refractivity contribution in [2.75, 3.05) is 13.6 Å². The van der Waals surface area contributed by atoms with Crippen LogP contribution in [0.2, 0.25) is 0 Å². The van der Waals surface area contributed by atoms with Gasteiger partial charge in [0.15, 0.2) is 0 Å². The number of aryl methyl sites for hydroxylation is 1. The molecule has 1 saturated heterocycles. The number of halogens is 7. The molecule has 0 saturated carbocycles. The molecule has 2 aromatic rings. The molecule has 3 amide bonds. The van der Waals surface area contributed by atoms with Crippen molar-refractivity contribution < 1.29 is 45.1 Å². The van der Waals surface area contributed by atoms with E-state index in [0.717, 1.165) is 4.90 Å². The molecule has 1 N–H and O–H groups in total. The van der Waals surface area contributed by atoms with Gasteiger partial charge < -0.3 is 19.9 Å². The summed E-state index contributed by atoms with van der Waals surface area (Å²) in [7, 11) is 1.27. The van der Waals surface area contributed by atoms with Crippen molar-refractivity contribution in [3.8, 4) is 0 Å². The predicted molar refractivity (Wildman–Crippen MR) is 136 cm³/mol. The zero-order valence-electron chi connectivity index (χ0n) is 23.2. The number of ether oxygens (including phenoxy) is 1. The molecular formula is C28H32F7N3O3. The molecule has 0 aliphatic carbocycles. The molecule has 1 aliphatic heterocycles. The van der Waals surface area contributed by atoms with E-state index in [2.05, 4.69) is 5.32 Å². The highest BCUT2D eigenvalue weighted by molar-refractivity contribution is 5.75. The van der Waals surface area contributed by atoms with Gasteiger partial charge in [0.05, 0.1) is 17.2 Å². The van der Waals surface area contributed by atoms with Crippen molar-refractivity contribution in [1.82, 2.24) is 15.1 Å². The van der Waals surface area contributed by atoms with Crippen LogP contribution in [-0.2, 0) is 23.6 Å². The first-order valence-electron chi connectivity index (χ1n) is 12.8. The van der Waals surface area contributed by atoms with E-state index in [-0.39, 0.29) is 24.6 Å². The first kappa shape index (κ1) is 32.0. The Kier molecular flexibility index (Phi) is 9.19. The monoisotopic (exact) mass is 591 g/mol. The van der Waals surface area contributed by atoms with E-state index in [1.807, 2.05) is 0 Å². The molecule has 6 nitrogen and oxygen atoms in total. The quantitative estimate of drug-likeness (QED) is 0.376. The number of alkyl carbamates (subject to hydrolysis) is 1. The number of hydrogen-bond donors (Lipinski definition) is 1. The van der Waals surface area contributed by atoms with E-state index in [4.69, 9.17) is 4.74 Å². The number of carbonyl (C=O) groups excluding carboxylic acids is 2. The van der Waals surface area contributed by atoms with Crippen LogP contribution in [0.5, 0.6) is 0 Å². The zero-order valence-corrected chi connectivity index (χ0v) is 23.2. The van der Waals surface area contributed by atoms with Crippen LogP contribution in [0.15, 0.2) is 36.4 Å². The summed E-state index contributed by atoms with van der Waals surface area (Å²) in [5.41, 5.74) is -2.93. The van der Waals surface area contributed by atoms with Crippen molar-refractivity contribution in [2.45, 2.75) is 77.1 Å². The van der Waals surface area contributed by atoms with Gasteiger partial charge in [-0.2, -0.15) is 26.3 Å². The van der Waals surface area contributed by atoms with E-state index in [0.29, 0.717) is 29.7 Å². The maximum Gasteiger partial charge on any atom is 0.416 e. The minimum atomic E-state index is -5.02. The van der Waals surface area contributed by atoms with Gasteiger partial charge in [0, 0.05) is 26.2 Å². The Morgan fingerprint density at radius 3 is 2.10 bits per heavy atom. The molecule has 2 atom stereocenters. The second-order valence-electron chi connectivity index (χ2n) is 11.1. The Morgan fingerprint density at radius 1 is 1.00 bits per heavy atom. The number of benzene rings is 2. The number of nitrogens with one attached hydrogen (secondary N) is 1. The molecule has 1 heterocycles. The highest BCUT2D eigenvalue weighted by atomic mass is 19.4. The summed E-state index contributed by atoms with van der Waals surface area (Å²) < 4.78 is 99.1. The van der Waals surface area contributed by atoms with Gasteiger partial charge in [0.2, 0.25) is 0 Å². The maximum absolute atomic E-state index is 13.9. The molecule has 0 radical (unpaired) electrons. The van der Waals surface area contributed by atoms with Gasteiger partial charge in [-0.05, 0) is 87.6 Å². The molecule has 1 fully saturated rings. The third-order valence-electron chi connectivity index (χ3n) is 6.55. The second kappa shape index (κ2) is 11.8. The summed E-state index contributed by atoms with van der Waals surface area (Å²) in [4.78, 5) is 28.4. The van der Waals surface area contributed by atoms with E-state index < -0.39 is 65.7 Å². The van der Waals surface area contributed by atoms with Gasteiger partial charge in [0.1, 0.15) is 11.4 Å². The number of hydrogen-bond acceptors (Lipinski definition) is 3. The first-order valence-corrected chi connectivity index (χ1v) is 12.8. The largest absolute Gasteiger partial charge is 0.444 e. The van der Waals surface area contributed by atoms with Crippen LogP contribution in [-0.4, -0.2) is 47.2 Å². The van der Waals surface area contributed by atoms with Crippen LogP contribution in [0, 0.1) is 12.7 Å². The molecule has 0 aromatic heterocycles. The summed E-state index contributed by atoms with van der Waals surface area (Å²) in [6.07, 6.45) is -10.2. The van der Waals surface area contributed by atoms with Crippen LogP contribution >= 0.6 is 0 Å². The zero-order chi connectivity index (χ0) is 30.9. The molecule has 3 rings (SSSR count). The Morgan fingerprint density at radius 2 is 1.59 bits per heavy atom. The number of likely N-dealkylation sites (tertiary alicyclic amines) is 1. The van der Waals surface area contributed by atoms with Crippen LogP contribution in [0.1, 0.15) is 67.5 Å². The highest BCUT2D eigenvalue weighted by Gasteiger charge is 2.38. The lowest BCUT2D eigenvalue weighted by Crippen LogP contribution is -2.51. The summed E-state index contributed by atoms with van der Waals surface area (Å²) >= 11 is 0. The standard InChI is InChI=1S/C28H32F7N3O3/c1-16-10-20(29)6-7-22(16)23-14-21(36-24(39)41-26(2,3)4)8-9-38(23)25(40)37(5)15-17-11-18(27(30,31)32)13-19(12-17)28(33,34)35/h6-7,10-13,21,23H,8-9,14-15H2,1-5H3,(H,36,39). The molecule has 13 heteroatoms. The SMILES string of the molecule is Cc1cc(F)ccc1C1CC(NC(=O)OC(C)(C)C)CCN1C(=O)N(C)Cc1cc(C(F)(F)F)cc(C(F)(F)F)c1. The average molecular weight is 592 g/mol. The summed E-state index contributed by atoms with van der Waals surface area (Å²) in [6, 6.07) is 3.46. The van der Waals surface area contributed by atoms with Crippen molar-refractivity contribution in [3.63, 3.8) is 0 Å². The van der Waals surface area contributed by atoms with E-state index in [1.54, 1.807) is 27.7 Å². The van der Waals surface area contributed by atoms with E-state index in [1.165, 1.54) is 30.1 Å². The van der Waals surface area contributed by atoms with E-state index >= 15 is 0 Å². The van der Waals surface area contributed by atoms with Gasteiger partial charge in [0.25, 0.3) is 0 Å². The number of rotatable bonds is 4. The fraction of sp³-hybridized carbons (Fsp3) is 0.500. The lowest BCUT2D eigenvalue weighted by Gasteiger charge is -2.42. The van der Waals surface area contributed by atoms with Crippen molar-refractivity contribution in [1.29, 1.82) is 0 Å². The smallest absolute Gasteiger partial charge is 0.416 e. The Hall–Kier alpha value is -3.51. The van der Waals surface area contributed by atoms with Gasteiger partial charge in [-0.3, -0.25) is 0 Å². The fourth-order valence-electron chi connectivity index (χ4n) is 4.78. The third-order valence-corrected chi connectivity index (χ3v) is 6.55. The van der Waals surface area contributed by atoms with Crippen LogP contribution in [0.25, 0.3) is 0 Å². The predicted octanol–water partition coefficient (Wildman–Crippen LogP) is 7.45. The fourth-order valence-corrected chi connectivity index (χ4v) is 4.78. The minimum absolute atomic E-state index is 0.0289. The van der Waals surface area contributed by atoms with Crippen LogP contribution in [0.4, 0.5) is 40.3 Å². The number of carbonyl (C=O) groups is 2. The average Bonchev–Trinajstić information content (AvgIpc) is 2.81. The second-order valence-corrected chi connectivity index (χ2v) is 11.1. The van der Waals surface area contributed by atoms with Crippen LogP contribution < -0.4 is 5.32 Å². The number of alkyl halides is 6. The normalized spacial score (nSPS) is 18.2. The van der Waals surface area contributed by atoms with Gasteiger partial charge >= 0.3 is 24.5 Å². The molecule has 2 unspecified atom stereocenters. The molecule has 0 bridgehead atoms. The molecule has 226 valence electrons. The Bertz CT molecular complexity index is 1240. The lowest BCUT2D eigenvalue weighted by molar-refractivity contribution is -0.143. The number of urea groups is 1. The first-order chi connectivity index (χ1) is 18.7. The van der Waals surface area contributed by atoms with Crippen molar-refractivity contribution >= 4 is 12.1 Å². The molecule has 41 heavy (non-hydrogen) atoms. The topological polar surface area (TPSA) is 61.9 Å². The van der Waals surface area contributed by atoms with E-state index in [9.17, 15) is 40.3 Å². The van der Waals surface area contributed by atoms with Crippen LogP contribution in [0.3, 0.4) is 0 Å². The highest BCUT2D eigenvalue weighted by Crippen LogP contribution is 2.37. The lowest BCUT2D eigenvalue weighted by atomic mass is 9.89. The summed E-state index contributed by atoms with van der Waals surface area (Å²) in [6.45, 7) is 6.33. The minimum Gasteiger partial charge on any atom is -0.444 e. The van der Waals surface area contributed by atoms with Gasteiger partial charge in [-0.25, -0.2) is 14.0 Å². The number of piperidine rings is 1. The third kappa shape index (κ3) is 8.49. The number of amides is 3. The Balaban J connectivity index is 1.88. The molecular weight excluding hydrogens is 559 g/mol. The van der Waals surface area contributed by atoms with Gasteiger partial charge in [-0.1, -0.05) is 6.07 Å². The van der Waals surface area contributed by atoms with Crippen molar-refractivity contribution in [2.24, 2.45) is 0 Å². The summed E-state index contributed by atoms with van der Waals surface area (Å²) in [5, 5.41) is 2.78. The summed E-state index contributed by atoms with van der Waals surface area (Å²) in [5.74, 6) is -0.495.